The number of hydrogen-bond donors (Lipinski definition) is 2. The minimum atomic E-state index is -4.67. The number of benzene rings is 1. The van der Waals surface area contributed by atoms with Gasteiger partial charge in [0, 0.05) is 31.9 Å². The number of amides is 1. The van der Waals surface area contributed by atoms with Gasteiger partial charge in [-0.15, -0.1) is 0 Å². The lowest BCUT2D eigenvalue weighted by atomic mass is 10.1. The second-order valence-corrected chi connectivity index (χ2v) is 12.1. The summed E-state index contributed by atoms with van der Waals surface area (Å²) in [6.07, 6.45) is -6.07. The maximum absolute atomic E-state index is 14.4. The molecule has 1 saturated heterocycles. The molecule has 1 atom stereocenters. The summed E-state index contributed by atoms with van der Waals surface area (Å²) in [5, 5.41) is 2.48. The summed E-state index contributed by atoms with van der Waals surface area (Å²) < 4.78 is 124. The average Bonchev–Trinajstić information content (AvgIpc) is 3.18. The van der Waals surface area contributed by atoms with Crippen LogP contribution in [0.4, 0.5) is 33.7 Å². The Bertz CT molecular complexity index is 1370. The molecule has 1 aromatic heterocycles. The summed E-state index contributed by atoms with van der Waals surface area (Å²) in [5.74, 6) is -1.85. The number of carbonyl (C=O) groups is 1. The van der Waals surface area contributed by atoms with Crippen LogP contribution in [0.2, 0.25) is 0 Å². The fraction of sp³-hybridized carbons (Fsp3) is 0.500. The predicted molar refractivity (Wildman–Crippen MR) is 125 cm³/mol. The minimum Gasteiger partial charge on any atom is -0.431 e. The van der Waals surface area contributed by atoms with Gasteiger partial charge in [-0.05, 0) is 31.0 Å². The van der Waals surface area contributed by atoms with Crippen molar-refractivity contribution in [2.75, 3.05) is 43.9 Å². The number of nitrogens with zero attached hydrogens (tertiary/aromatic N) is 3. The highest BCUT2D eigenvalue weighted by Crippen LogP contribution is 2.33. The molecule has 1 aliphatic heterocycles. The van der Waals surface area contributed by atoms with E-state index >= 15 is 0 Å². The highest BCUT2D eigenvalue weighted by molar-refractivity contribution is 7.89. The summed E-state index contributed by atoms with van der Waals surface area (Å²) >= 11 is 0. The van der Waals surface area contributed by atoms with E-state index in [-0.39, 0.29) is 12.1 Å². The van der Waals surface area contributed by atoms with Crippen LogP contribution in [-0.2, 0) is 26.4 Å². The lowest BCUT2D eigenvalue weighted by Crippen LogP contribution is -2.46. The molecule has 0 saturated carbocycles. The largest absolute Gasteiger partial charge is 0.431 e. The summed E-state index contributed by atoms with van der Waals surface area (Å²) in [7, 11) is -8.69. The molecule has 11 nitrogen and oxygen atoms in total. The molecule has 2 aromatic rings. The Morgan fingerprint density at radius 1 is 1.16 bits per heavy atom. The van der Waals surface area contributed by atoms with Crippen molar-refractivity contribution in [3.8, 4) is 0 Å². The zero-order chi connectivity index (χ0) is 28.3. The quantitative estimate of drug-likeness (QED) is 0.425. The molecule has 1 aromatic carbocycles. The van der Waals surface area contributed by atoms with Crippen molar-refractivity contribution >= 4 is 37.8 Å². The first-order valence-corrected chi connectivity index (χ1v) is 14.1. The van der Waals surface area contributed by atoms with Gasteiger partial charge < -0.3 is 9.73 Å². The lowest BCUT2D eigenvalue weighted by Gasteiger charge is -2.21. The molecule has 1 amide bonds. The Hall–Kier alpha value is -2.83. The van der Waals surface area contributed by atoms with Crippen molar-refractivity contribution in [3.05, 3.63) is 41.3 Å². The highest BCUT2D eigenvalue weighted by Gasteiger charge is 2.35. The normalized spacial score (nSPS) is 18.2. The van der Waals surface area contributed by atoms with Crippen molar-refractivity contribution in [2.24, 2.45) is 0 Å². The molecule has 212 valence electrons. The van der Waals surface area contributed by atoms with Gasteiger partial charge in [0.2, 0.25) is 10.0 Å². The first-order chi connectivity index (χ1) is 17.6. The number of rotatable bonds is 9. The zero-order valence-electron chi connectivity index (χ0n) is 19.8. The van der Waals surface area contributed by atoms with Crippen molar-refractivity contribution in [1.82, 2.24) is 18.3 Å². The smallest absolute Gasteiger partial charge is 0.416 e. The first-order valence-electron chi connectivity index (χ1n) is 11.0. The van der Waals surface area contributed by atoms with Crippen molar-refractivity contribution < 1.29 is 48.0 Å². The fourth-order valence-corrected chi connectivity index (χ4v) is 6.09. The van der Waals surface area contributed by atoms with Crippen molar-refractivity contribution in [1.29, 1.82) is 0 Å². The standard InChI is InChI=1S/C20H24F5N5O6S2/c1-13-3-4-14(20(23,24)25)9-16(13)26-19-27-17(12-36-19)18(31)28-38(34,35)30-7-6-29(10-15(22)11-30)37(32,33)8-2-5-21/h3-4,9,12,15H,2,5-8,10-11H2,1H3,(H,26,27)(H,28,31). The maximum Gasteiger partial charge on any atom is 0.416 e. The van der Waals surface area contributed by atoms with Crippen LogP contribution >= 0.6 is 0 Å². The van der Waals surface area contributed by atoms with E-state index in [0.29, 0.717) is 9.87 Å². The van der Waals surface area contributed by atoms with Crippen LogP contribution in [0.3, 0.4) is 0 Å². The van der Waals surface area contributed by atoms with Gasteiger partial charge in [-0.3, -0.25) is 9.18 Å². The number of anilines is 2. The Morgan fingerprint density at radius 3 is 2.47 bits per heavy atom. The SMILES string of the molecule is Cc1ccc(C(F)(F)F)cc1Nc1nc(C(=O)NS(=O)(=O)N2CCN(S(=O)(=O)CCCF)CC(F)C2)co1. The van der Waals surface area contributed by atoms with E-state index in [1.54, 1.807) is 4.72 Å². The number of carbonyl (C=O) groups excluding carboxylic acids is 1. The van der Waals surface area contributed by atoms with E-state index in [2.05, 4.69) is 10.3 Å². The molecule has 1 fully saturated rings. The minimum absolute atomic E-state index is 0.0224. The van der Waals surface area contributed by atoms with E-state index in [4.69, 9.17) is 4.42 Å². The molecule has 0 bridgehead atoms. The number of halogens is 5. The van der Waals surface area contributed by atoms with Crippen LogP contribution in [0.25, 0.3) is 0 Å². The molecule has 2 heterocycles. The second-order valence-electron chi connectivity index (χ2n) is 8.30. The Kier molecular flexibility index (Phi) is 9.00. The molecule has 0 aliphatic carbocycles. The predicted octanol–water partition coefficient (Wildman–Crippen LogP) is 2.37. The average molecular weight is 590 g/mol. The van der Waals surface area contributed by atoms with Crippen molar-refractivity contribution in [2.45, 2.75) is 25.7 Å². The molecule has 0 spiro atoms. The third-order valence-electron chi connectivity index (χ3n) is 5.44. The van der Waals surface area contributed by atoms with Crippen LogP contribution in [0, 0.1) is 6.92 Å². The van der Waals surface area contributed by atoms with E-state index in [1.807, 2.05) is 0 Å². The van der Waals surface area contributed by atoms with E-state index in [0.717, 1.165) is 22.7 Å². The van der Waals surface area contributed by atoms with Crippen LogP contribution < -0.4 is 10.0 Å². The summed E-state index contributed by atoms with van der Waals surface area (Å²) in [5.41, 5.74) is -1.13. The zero-order valence-corrected chi connectivity index (χ0v) is 21.5. The molecule has 3 rings (SSSR count). The highest BCUT2D eigenvalue weighted by atomic mass is 32.2. The van der Waals surface area contributed by atoms with E-state index < -0.39 is 94.4 Å². The molecule has 1 aliphatic rings. The lowest BCUT2D eigenvalue weighted by molar-refractivity contribution is -0.137. The number of alkyl halides is 5. The van der Waals surface area contributed by atoms with Gasteiger partial charge in [0.05, 0.1) is 18.0 Å². The second kappa shape index (κ2) is 11.5. The summed E-state index contributed by atoms with van der Waals surface area (Å²) in [4.78, 5) is 16.2. The fourth-order valence-electron chi connectivity index (χ4n) is 3.46. The number of sulfonamides is 1. The van der Waals surface area contributed by atoms with Gasteiger partial charge in [-0.2, -0.15) is 35.2 Å². The Labute approximate surface area is 215 Å². The molecular weight excluding hydrogens is 565 g/mol. The Balaban J connectivity index is 1.68. The van der Waals surface area contributed by atoms with Gasteiger partial charge in [-0.25, -0.2) is 17.5 Å². The molecule has 38 heavy (non-hydrogen) atoms. The summed E-state index contributed by atoms with van der Waals surface area (Å²) in [6.45, 7) is -1.67. The van der Waals surface area contributed by atoms with Crippen LogP contribution in [0.1, 0.15) is 28.0 Å². The first kappa shape index (κ1) is 29.7. The molecule has 2 N–H and O–H groups in total. The third kappa shape index (κ3) is 7.39. The van der Waals surface area contributed by atoms with Crippen LogP contribution in [0.5, 0.6) is 0 Å². The topological polar surface area (TPSA) is 142 Å². The monoisotopic (exact) mass is 589 g/mol. The van der Waals surface area contributed by atoms with E-state index in [1.165, 1.54) is 13.0 Å². The number of hydrogen-bond acceptors (Lipinski definition) is 8. The van der Waals surface area contributed by atoms with Gasteiger partial charge in [0.1, 0.15) is 12.4 Å². The number of aryl methyl sites for hydroxylation is 1. The van der Waals surface area contributed by atoms with Gasteiger partial charge in [-0.1, -0.05) is 6.07 Å². The molecule has 1 unspecified atom stereocenters. The van der Waals surface area contributed by atoms with Gasteiger partial charge in [0.25, 0.3) is 11.9 Å². The molecule has 0 radical (unpaired) electrons. The van der Waals surface area contributed by atoms with Gasteiger partial charge >= 0.3 is 16.4 Å². The third-order valence-corrected chi connectivity index (χ3v) is 8.81. The maximum atomic E-state index is 14.4. The van der Waals surface area contributed by atoms with Crippen LogP contribution in [-0.4, -0.2) is 81.1 Å². The molecular formula is C20H24F5N5O6S2. The number of nitrogens with one attached hydrogen (secondary N) is 2. The number of oxazole rings is 1. The number of aromatic nitrogens is 1. The Morgan fingerprint density at radius 2 is 1.82 bits per heavy atom. The van der Waals surface area contributed by atoms with Crippen molar-refractivity contribution in [3.63, 3.8) is 0 Å². The molecule has 18 heteroatoms. The van der Waals surface area contributed by atoms with Gasteiger partial charge in [0.15, 0.2) is 5.69 Å². The van der Waals surface area contributed by atoms with Crippen LogP contribution in [0.15, 0.2) is 28.9 Å². The van der Waals surface area contributed by atoms with E-state index in [9.17, 15) is 43.6 Å². The summed E-state index contributed by atoms with van der Waals surface area (Å²) in [6, 6.07) is 2.49.